The molecular formula is C15H18ClNO2. The molecule has 4 heteroatoms. The molecule has 2 rings (SSSR count). The van der Waals surface area contributed by atoms with Crippen molar-refractivity contribution in [2.45, 2.75) is 26.0 Å². The van der Waals surface area contributed by atoms with E-state index in [9.17, 15) is 5.11 Å². The average Bonchev–Trinajstić information content (AvgIpc) is 2.87. The first-order valence-corrected chi connectivity index (χ1v) is 6.78. The Kier molecular flexibility index (Phi) is 5.02. The second-order valence-corrected chi connectivity index (χ2v) is 4.86. The molecule has 1 aromatic carbocycles. The summed E-state index contributed by atoms with van der Waals surface area (Å²) in [5.74, 6) is 1.87. The second kappa shape index (κ2) is 6.75. The number of furan rings is 1. The molecular weight excluding hydrogens is 262 g/mol. The molecule has 0 aliphatic heterocycles. The van der Waals surface area contributed by atoms with Crippen LogP contribution in [0.2, 0.25) is 5.02 Å². The van der Waals surface area contributed by atoms with Crippen molar-refractivity contribution < 1.29 is 9.52 Å². The number of aliphatic hydroxyl groups excluding tert-OH is 1. The molecule has 2 N–H and O–H groups in total. The Morgan fingerprint density at radius 3 is 2.47 bits per heavy atom. The van der Waals surface area contributed by atoms with Gasteiger partial charge in [-0.15, -0.1) is 0 Å². The number of nitrogens with one attached hydrogen (secondary N) is 1. The maximum atomic E-state index is 10.0. The van der Waals surface area contributed by atoms with Crippen molar-refractivity contribution in [3.63, 3.8) is 0 Å². The van der Waals surface area contributed by atoms with Crippen LogP contribution in [0.15, 0.2) is 40.8 Å². The molecule has 0 saturated carbocycles. The van der Waals surface area contributed by atoms with E-state index in [1.165, 1.54) is 0 Å². The van der Waals surface area contributed by atoms with Gasteiger partial charge in [-0.3, -0.25) is 0 Å². The van der Waals surface area contributed by atoms with E-state index in [1.54, 1.807) is 12.1 Å². The van der Waals surface area contributed by atoms with Gasteiger partial charge in [0.1, 0.15) is 11.5 Å². The summed E-state index contributed by atoms with van der Waals surface area (Å²) in [5, 5.41) is 13.9. The molecule has 102 valence electrons. The summed E-state index contributed by atoms with van der Waals surface area (Å²) in [6.45, 7) is 3.15. The zero-order valence-electron chi connectivity index (χ0n) is 10.9. The molecule has 0 aliphatic rings. The first-order chi connectivity index (χ1) is 9.19. The Bertz CT molecular complexity index is 507. The molecule has 2 aromatic rings. The van der Waals surface area contributed by atoms with Gasteiger partial charge in [0.15, 0.2) is 0 Å². The van der Waals surface area contributed by atoms with Gasteiger partial charge in [0.05, 0.1) is 12.6 Å². The summed E-state index contributed by atoms with van der Waals surface area (Å²) in [6.07, 6.45) is 0.353. The van der Waals surface area contributed by atoms with E-state index in [1.807, 2.05) is 24.3 Å². The van der Waals surface area contributed by atoms with Crippen LogP contribution >= 0.6 is 11.6 Å². The monoisotopic (exact) mass is 279 g/mol. The standard InChI is InChI=1S/C15H18ClNO2/c1-2-13-7-8-14(19-13)9-17-10-15(18)11-3-5-12(16)6-4-11/h3-8,15,17-18H,2,9-10H2,1H3. The number of hydrogen-bond donors (Lipinski definition) is 2. The summed E-state index contributed by atoms with van der Waals surface area (Å²) in [7, 11) is 0. The van der Waals surface area contributed by atoms with Crippen molar-refractivity contribution in [1.29, 1.82) is 0 Å². The van der Waals surface area contributed by atoms with Gasteiger partial charge in [-0.1, -0.05) is 30.7 Å². The minimum absolute atomic E-state index is 0.476. The van der Waals surface area contributed by atoms with Crippen molar-refractivity contribution in [2.24, 2.45) is 0 Å². The van der Waals surface area contributed by atoms with Crippen LogP contribution in [0.25, 0.3) is 0 Å². The molecule has 0 radical (unpaired) electrons. The normalized spacial score (nSPS) is 12.6. The summed E-state index contributed by atoms with van der Waals surface area (Å²) in [5.41, 5.74) is 0.852. The van der Waals surface area contributed by atoms with E-state index in [2.05, 4.69) is 12.2 Å². The average molecular weight is 280 g/mol. The Morgan fingerprint density at radius 1 is 1.16 bits per heavy atom. The molecule has 0 saturated heterocycles. The van der Waals surface area contributed by atoms with Crippen LogP contribution in [0.1, 0.15) is 30.1 Å². The Morgan fingerprint density at radius 2 is 1.84 bits per heavy atom. The van der Waals surface area contributed by atoms with Crippen LogP contribution in [0, 0.1) is 0 Å². The fourth-order valence-electron chi connectivity index (χ4n) is 1.84. The molecule has 1 unspecified atom stereocenters. The number of hydrogen-bond acceptors (Lipinski definition) is 3. The zero-order valence-corrected chi connectivity index (χ0v) is 11.7. The van der Waals surface area contributed by atoms with Gasteiger partial charge in [-0.2, -0.15) is 0 Å². The Labute approximate surface area is 118 Å². The second-order valence-electron chi connectivity index (χ2n) is 4.42. The third-order valence-corrected chi connectivity index (χ3v) is 3.21. The lowest BCUT2D eigenvalue weighted by atomic mass is 10.1. The third kappa shape index (κ3) is 4.10. The molecule has 1 aromatic heterocycles. The Balaban J connectivity index is 1.80. The predicted molar refractivity (Wildman–Crippen MR) is 76.2 cm³/mol. The molecule has 0 bridgehead atoms. The third-order valence-electron chi connectivity index (χ3n) is 2.96. The number of aliphatic hydroxyl groups is 1. The molecule has 19 heavy (non-hydrogen) atoms. The zero-order chi connectivity index (χ0) is 13.7. The van der Waals surface area contributed by atoms with Crippen LogP contribution in [0.3, 0.4) is 0 Å². The minimum Gasteiger partial charge on any atom is -0.465 e. The molecule has 0 amide bonds. The van der Waals surface area contributed by atoms with Crippen molar-refractivity contribution in [2.75, 3.05) is 6.54 Å². The topological polar surface area (TPSA) is 45.4 Å². The van der Waals surface area contributed by atoms with E-state index in [4.69, 9.17) is 16.0 Å². The first-order valence-electron chi connectivity index (χ1n) is 6.41. The Hall–Kier alpha value is -1.29. The van der Waals surface area contributed by atoms with Crippen LogP contribution in [-0.2, 0) is 13.0 Å². The lowest BCUT2D eigenvalue weighted by molar-refractivity contribution is 0.173. The van der Waals surface area contributed by atoms with Crippen molar-refractivity contribution >= 4 is 11.6 Å². The van der Waals surface area contributed by atoms with Gasteiger partial charge in [0.2, 0.25) is 0 Å². The van der Waals surface area contributed by atoms with Crippen LogP contribution in [0.4, 0.5) is 0 Å². The molecule has 1 atom stereocenters. The molecule has 0 spiro atoms. The smallest absolute Gasteiger partial charge is 0.117 e. The summed E-state index contributed by atoms with van der Waals surface area (Å²) in [6, 6.07) is 11.2. The van der Waals surface area contributed by atoms with Crippen molar-refractivity contribution in [3.05, 3.63) is 58.5 Å². The van der Waals surface area contributed by atoms with Crippen LogP contribution in [0.5, 0.6) is 0 Å². The highest BCUT2D eigenvalue weighted by molar-refractivity contribution is 6.30. The fraction of sp³-hybridized carbons (Fsp3) is 0.333. The number of benzene rings is 1. The SMILES string of the molecule is CCc1ccc(CNCC(O)c2ccc(Cl)cc2)o1. The number of halogens is 1. The van der Waals surface area contributed by atoms with Gasteiger partial charge in [-0.25, -0.2) is 0 Å². The van der Waals surface area contributed by atoms with Gasteiger partial charge in [-0.05, 0) is 29.8 Å². The maximum Gasteiger partial charge on any atom is 0.117 e. The summed E-state index contributed by atoms with van der Waals surface area (Å²) in [4.78, 5) is 0. The lowest BCUT2D eigenvalue weighted by Gasteiger charge is -2.11. The molecule has 0 aliphatic carbocycles. The minimum atomic E-state index is -0.544. The van der Waals surface area contributed by atoms with Gasteiger partial charge in [0.25, 0.3) is 0 Å². The van der Waals surface area contributed by atoms with E-state index >= 15 is 0 Å². The van der Waals surface area contributed by atoms with Crippen molar-refractivity contribution in [1.82, 2.24) is 5.32 Å². The highest BCUT2D eigenvalue weighted by atomic mass is 35.5. The van der Waals surface area contributed by atoms with Crippen LogP contribution < -0.4 is 5.32 Å². The van der Waals surface area contributed by atoms with Gasteiger partial charge in [0, 0.05) is 18.0 Å². The fourth-order valence-corrected chi connectivity index (χ4v) is 1.97. The van der Waals surface area contributed by atoms with Crippen molar-refractivity contribution in [3.8, 4) is 0 Å². The highest BCUT2D eigenvalue weighted by Gasteiger charge is 2.07. The summed E-state index contributed by atoms with van der Waals surface area (Å²) >= 11 is 5.81. The summed E-state index contributed by atoms with van der Waals surface area (Å²) < 4.78 is 5.57. The number of rotatable bonds is 6. The largest absolute Gasteiger partial charge is 0.465 e. The van der Waals surface area contributed by atoms with Gasteiger partial charge < -0.3 is 14.8 Å². The van der Waals surface area contributed by atoms with E-state index in [0.717, 1.165) is 23.5 Å². The predicted octanol–water partition coefficient (Wildman–Crippen LogP) is 3.32. The highest BCUT2D eigenvalue weighted by Crippen LogP contribution is 2.16. The molecule has 3 nitrogen and oxygen atoms in total. The first kappa shape index (κ1) is 14.1. The van der Waals surface area contributed by atoms with E-state index in [0.29, 0.717) is 18.1 Å². The molecule has 0 fully saturated rings. The molecule has 1 heterocycles. The van der Waals surface area contributed by atoms with E-state index in [-0.39, 0.29) is 0 Å². The quantitative estimate of drug-likeness (QED) is 0.853. The van der Waals surface area contributed by atoms with Crippen LogP contribution in [-0.4, -0.2) is 11.7 Å². The van der Waals surface area contributed by atoms with E-state index < -0.39 is 6.10 Å². The number of aryl methyl sites for hydroxylation is 1. The van der Waals surface area contributed by atoms with Gasteiger partial charge >= 0.3 is 0 Å². The lowest BCUT2D eigenvalue weighted by Crippen LogP contribution is -2.20. The maximum absolute atomic E-state index is 10.0.